The molecule has 0 atom stereocenters. The topological polar surface area (TPSA) is 75.7 Å². The smallest absolute Gasteiger partial charge is 0.416 e. The first-order valence-electron chi connectivity index (χ1n) is 10.1. The first kappa shape index (κ1) is 25.7. The van der Waals surface area contributed by atoms with Crippen molar-refractivity contribution in [2.75, 3.05) is 18.4 Å². The van der Waals surface area contributed by atoms with Gasteiger partial charge >= 0.3 is 6.18 Å². The number of nitrogens with zero attached hydrogens (tertiary/aromatic N) is 1. The molecule has 0 saturated heterocycles. The average molecular weight is 473 g/mol. The summed E-state index contributed by atoms with van der Waals surface area (Å²) in [6, 6.07) is 8.50. The van der Waals surface area contributed by atoms with Crippen LogP contribution in [0.4, 0.5) is 18.9 Å². The van der Waals surface area contributed by atoms with Gasteiger partial charge < -0.3 is 10.1 Å². The number of hydrogen-bond donors (Lipinski definition) is 1. The minimum Gasteiger partial charge on any atom is -0.489 e. The van der Waals surface area contributed by atoms with E-state index >= 15 is 0 Å². The van der Waals surface area contributed by atoms with Crippen molar-refractivity contribution < 1.29 is 31.1 Å². The molecule has 0 aliphatic rings. The van der Waals surface area contributed by atoms with Crippen molar-refractivity contribution in [3.8, 4) is 5.75 Å². The van der Waals surface area contributed by atoms with Gasteiger partial charge in [-0.2, -0.15) is 17.5 Å². The van der Waals surface area contributed by atoms with Crippen molar-refractivity contribution in [1.29, 1.82) is 0 Å². The number of rotatable bonds is 9. The first-order valence-corrected chi connectivity index (χ1v) is 11.6. The van der Waals surface area contributed by atoms with Crippen LogP contribution in [-0.2, 0) is 27.4 Å². The average Bonchev–Trinajstić information content (AvgIpc) is 2.69. The van der Waals surface area contributed by atoms with E-state index in [2.05, 4.69) is 5.32 Å². The summed E-state index contributed by atoms with van der Waals surface area (Å²) in [4.78, 5) is 12.6. The molecule has 2 rings (SSSR count). The molecule has 2 aromatic carbocycles. The van der Waals surface area contributed by atoms with E-state index in [0.29, 0.717) is 24.4 Å². The number of alkyl halides is 3. The second kappa shape index (κ2) is 10.4. The van der Waals surface area contributed by atoms with Crippen LogP contribution in [0.5, 0.6) is 5.75 Å². The van der Waals surface area contributed by atoms with Gasteiger partial charge in [0.05, 0.1) is 28.7 Å². The van der Waals surface area contributed by atoms with Crippen LogP contribution in [0, 0.1) is 0 Å². The summed E-state index contributed by atoms with van der Waals surface area (Å²) in [5.41, 5.74) is -0.249. The van der Waals surface area contributed by atoms with Crippen LogP contribution in [0.2, 0.25) is 0 Å². The molecule has 0 unspecified atom stereocenters. The van der Waals surface area contributed by atoms with Gasteiger partial charge in [-0.25, -0.2) is 8.42 Å². The Morgan fingerprint density at radius 3 is 2.16 bits per heavy atom. The van der Waals surface area contributed by atoms with Crippen LogP contribution in [0.15, 0.2) is 47.4 Å². The Labute approximate surface area is 186 Å². The van der Waals surface area contributed by atoms with Gasteiger partial charge in [-0.1, -0.05) is 26.0 Å². The van der Waals surface area contributed by atoms with Gasteiger partial charge in [-0.3, -0.25) is 4.79 Å². The van der Waals surface area contributed by atoms with Gasteiger partial charge in [-0.15, -0.1) is 0 Å². The Hall–Kier alpha value is -2.59. The van der Waals surface area contributed by atoms with Gasteiger partial charge in [0.15, 0.2) is 0 Å². The van der Waals surface area contributed by atoms with Crippen LogP contribution in [0.1, 0.15) is 38.8 Å². The maximum atomic E-state index is 12.9. The highest BCUT2D eigenvalue weighted by Crippen LogP contribution is 2.31. The molecular weight excluding hydrogens is 445 g/mol. The van der Waals surface area contributed by atoms with E-state index < -0.39 is 27.7 Å². The van der Waals surface area contributed by atoms with Crippen molar-refractivity contribution in [3.05, 3.63) is 53.6 Å². The van der Waals surface area contributed by atoms with E-state index in [0.717, 1.165) is 12.1 Å². The van der Waals surface area contributed by atoms with E-state index in [-0.39, 0.29) is 23.1 Å². The fourth-order valence-corrected chi connectivity index (χ4v) is 4.51. The zero-order valence-electron chi connectivity index (χ0n) is 18.4. The standard InChI is InChI=1S/C22H27F3N2O4S/c1-5-27(6-2)32(29,30)18-11-12-20(31-15(3)4)19(14-18)26-21(28)13-16-7-9-17(10-8-16)22(23,24)25/h7-12,14-15H,5-6,13H2,1-4H3,(H,26,28). The van der Waals surface area contributed by atoms with Gasteiger partial charge in [0.1, 0.15) is 5.75 Å². The Morgan fingerprint density at radius 1 is 1.06 bits per heavy atom. The van der Waals surface area contributed by atoms with Gasteiger partial charge in [-0.05, 0) is 49.7 Å². The number of carbonyl (C=O) groups excluding carboxylic acids is 1. The number of amides is 1. The van der Waals surface area contributed by atoms with Crippen molar-refractivity contribution in [3.63, 3.8) is 0 Å². The van der Waals surface area contributed by atoms with E-state index in [1.165, 1.54) is 34.6 Å². The molecule has 0 aliphatic carbocycles. The van der Waals surface area contributed by atoms with Crippen LogP contribution >= 0.6 is 0 Å². The summed E-state index contributed by atoms with van der Waals surface area (Å²) in [5, 5.41) is 2.63. The fourth-order valence-electron chi connectivity index (χ4n) is 3.03. The summed E-state index contributed by atoms with van der Waals surface area (Å²) < 4.78 is 70.8. The summed E-state index contributed by atoms with van der Waals surface area (Å²) in [5.74, 6) is -0.227. The highest BCUT2D eigenvalue weighted by atomic mass is 32.2. The predicted molar refractivity (Wildman–Crippen MR) is 116 cm³/mol. The molecule has 0 aromatic heterocycles. The molecule has 10 heteroatoms. The number of hydrogen-bond acceptors (Lipinski definition) is 4. The monoisotopic (exact) mass is 472 g/mol. The minimum atomic E-state index is -4.46. The highest BCUT2D eigenvalue weighted by Gasteiger charge is 2.30. The van der Waals surface area contributed by atoms with Gasteiger partial charge in [0.2, 0.25) is 15.9 Å². The zero-order chi connectivity index (χ0) is 24.1. The number of carbonyl (C=O) groups is 1. The van der Waals surface area contributed by atoms with Crippen molar-refractivity contribution in [2.45, 2.75) is 51.3 Å². The van der Waals surface area contributed by atoms with Crippen molar-refractivity contribution >= 4 is 21.6 Å². The normalized spacial score (nSPS) is 12.3. The number of halogens is 3. The Morgan fingerprint density at radius 2 is 1.66 bits per heavy atom. The number of ether oxygens (including phenoxy) is 1. The lowest BCUT2D eigenvalue weighted by atomic mass is 10.1. The molecule has 1 N–H and O–H groups in total. The minimum absolute atomic E-state index is 0.00198. The lowest BCUT2D eigenvalue weighted by Crippen LogP contribution is -2.30. The third-order valence-electron chi connectivity index (χ3n) is 4.58. The number of sulfonamides is 1. The largest absolute Gasteiger partial charge is 0.489 e. The zero-order valence-corrected chi connectivity index (χ0v) is 19.2. The van der Waals surface area contributed by atoms with Crippen LogP contribution < -0.4 is 10.1 Å². The number of nitrogens with one attached hydrogen (secondary N) is 1. The second-order valence-corrected chi connectivity index (χ2v) is 9.27. The molecule has 0 aliphatic heterocycles. The molecule has 176 valence electrons. The van der Waals surface area contributed by atoms with E-state index in [9.17, 15) is 26.4 Å². The van der Waals surface area contributed by atoms with E-state index in [4.69, 9.17) is 4.74 Å². The van der Waals surface area contributed by atoms with Crippen molar-refractivity contribution in [1.82, 2.24) is 4.31 Å². The number of anilines is 1. The van der Waals surface area contributed by atoms with Crippen LogP contribution in [0.3, 0.4) is 0 Å². The van der Waals surface area contributed by atoms with Crippen LogP contribution in [0.25, 0.3) is 0 Å². The lowest BCUT2D eigenvalue weighted by Gasteiger charge is -2.20. The summed E-state index contributed by atoms with van der Waals surface area (Å²) in [7, 11) is -3.76. The van der Waals surface area contributed by atoms with E-state index in [1.807, 2.05) is 0 Å². The number of benzene rings is 2. The first-order chi connectivity index (χ1) is 14.9. The third-order valence-corrected chi connectivity index (χ3v) is 6.62. The van der Waals surface area contributed by atoms with E-state index in [1.54, 1.807) is 27.7 Å². The predicted octanol–water partition coefficient (Wildman–Crippen LogP) is 4.70. The molecule has 32 heavy (non-hydrogen) atoms. The second-order valence-electron chi connectivity index (χ2n) is 7.33. The summed E-state index contributed by atoms with van der Waals surface area (Å²) >= 11 is 0. The van der Waals surface area contributed by atoms with Crippen LogP contribution in [-0.4, -0.2) is 37.8 Å². The molecule has 0 fully saturated rings. The Kier molecular flexibility index (Phi) is 8.30. The molecule has 0 radical (unpaired) electrons. The molecule has 0 spiro atoms. The SMILES string of the molecule is CCN(CC)S(=O)(=O)c1ccc(OC(C)C)c(NC(=O)Cc2ccc(C(F)(F)F)cc2)c1. The molecule has 0 heterocycles. The summed E-state index contributed by atoms with van der Waals surface area (Å²) in [6.45, 7) is 7.61. The van der Waals surface area contributed by atoms with Gasteiger partial charge in [0, 0.05) is 13.1 Å². The maximum Gasteiger partial charge on any atom is 0.416 e. The Balaban J connectivity index is 2.30. The summed E-state index contributed by atoms with van der Waals surface area (Å²) in [6.07, 6.45) is -4.88. The molecule has 0 bridgehead atoms. The fraction of sp³-hybridized carbons (Fsp3) is 0.409. The lowest BCUT2D eigenvalue weighted by molar-refractivity contribution is -0.137. The van der Waals surface area contributed by atoms with Gasteiger partial charge in [0.25, 0.3) is 0 Å². The highest BCUT2D eigenvalue weighted by molar-refractivity contribution is 7.89. The van der Waals surface area contributed by atoms with Crippen molar-refractivity contribution in [2.24, 2.45) is 0 Å². The molecule has 2 aromatic rings. The quantitative estimate of drug-likeness (QED) is 0.574. The Bertz CT molecular complexity index is 1030. The molecule has 6 nitrogen and oxygen atoms in total. The molecule has 0 saturated carbocycles. The molecular formula is C22H27F3N2O4S. The maximum absolute atomic E-state index is 12.9. The third kappa shape index (κ3) is 6.46. The molecule has 1 amide bonds.